The van der Waals surface area contributed by atoms with Crippen LogP contribution < -0.4 is 10.6 Å². The zero-order valence-corrected chi connectivity index (χ0v) is 20.8. The summed E-state index contributed by atoms with van der Waals surface area (Å²) in [6.07, 6.45) is 4.32. The topological polar surface area (TPSA) is 123 Å². The summed E-state index contributed by atoms with van der Waals surface area (Å²) in [6, 6.07) is 11.4. The third kappa shape index (κ3) is 7.42. The first-order valence-electron chi connectivity index (χ1n) is 11.8. The molecule has 2 atom stereocenters. The Labute approximate surface area is 210 Å². The first kappa shape index (κ1) is 26.9. The van der Waals surface area contributed by atoms with Gasteiger partial charge in [-0.3, -0.25) is 20.6 Å². The number of nitrogens with zero attached hydrogens (tertiary/aromatic N) is 2. The number of hydrogen-bond donors (Lipinski definition) is 3. The average Bonchev–Trinajstić information content (AvgIpc) is 2.88. The molecule has 0 aliphatic heterocycles. The lowest BCUT2D eigenvalue weighted by molar-refractivity contribution is 0.00999. The van der Waals surface area contributed by atoms with E-state index in [1.54, 1.807) is 42.5 Å². The molecule has 2 unspecified atom stereocenters. The maximum absolute atomic E-state index is 12.9. The number of carbonyl (C=O) groups excluding carboxylic acids is 2. The lowest BCUT2D eigenvalue weighted by Crippen LogP contribution is -2.36. The molecule has 0 radical (unpaired) electrons. The Kier molecular flexibility index (Phi) is 9.63. The number of hydrogen-bond acceptors (Lipinski definition) is 9. The highest BCUT2D eigenvalue weighted by Gasteiger charge is 2.28. The van der Waals surface area contributed by atoms with Gasteiger partial charge >= 0.3 is 11.9 Å². The van der Waals surface area contributed by atoms with Gasteiger partial charge < -0.3 is 14.6 Å². The SMILES string of the molecule is CC(C)NC(OC(=O)c1ccncc1)c1ccc(CO)cc1C(NC(C)C)OC(=O)c1ccncc1. The van der Waals surface area contributed by atoms with Gasteiger partial charge in [-0.25, -0.2) is 9.59 Å². The summed E-state index contributed by atoms with van der Waals surface area (Å²) in [5.41, 5.74) is 2.46. The number of carbonyl (C=O) groups is 2. The van der Waals surface area contributed by atoms with E-state index in [0.29, 0.717) is 27.8 Å². The predicted molar refractivity (Wildman–Crippen MR) is 134 cm³/mol. The molecule has 0 amide bonds. The Morgan fingerprint density at radius 1 is 0.750 bits per heavy atom. The van der Waals surface area contributed by atoms with Gasteiger partial charge in [0, 0.05) is 48.0 Å². The number of aliphatic hydroxyl groups excluding tert-OH is 1. The molecule has 3 aromatic rings. The fourth-order valence-corrected chi connectivity index (χ4v) is 3.49. The monoisotopic (exact) mass is 492 g/mol. The second kappa shape index (κ2) is 12.9. The molecular formula is C27H32N4O5. The molecule has 0 fully saturated rings. The first-order chi connectivity index (χ1) is 17.3. The van der Waals surface area contributed by atoms with Crippen molar-refractivity contribution in [3.8, 4) is 0 Å². The van der Waals surface area contributed by atoms with Crippen molar-refractivity contribution in [3.05, 3.63) is 95.1 Å². The highest BCUT2D eigenvalue weighted by Crippen LogP contribution is 2.29. The molecule has 2 aromatic heterocycles. The number of pyridine rings is 2. The van der Waals surface area contributed by atoms with E-state index in [4.69, 9.17) is 9.47 Å². The Morgan fingerprint density at radius 2 is 1.19 bits per heavy atom. The minimum absolute atomic E-state index is 0.0403. The van der Waals surface area contributed by atoms with Crippen molar-refractivity contribution in [2.75, 3.05) is 0 Å². The van der Waals surface area contributed by atoms with Gasteiger partial charge in [0.15, 0.2) is 12.5 Å². The van der Waals surface area contributed by atoms with Crippen molar-refractivity contribution < 1.29 is 24.2 Å². The van der Waals surface area contributed by atoms with Crippen molar-refractivity contribution in [2.24, 2.45) is 0 Å². The van der Waals surface area contributed by atoms with Crippen LogP contribution >= 0.6 is 0 Å². The van der Waals surface area contributed by atoms with Crippen LogP contribution in [0.5, 0.6) is 0 Å². The van der Waals surface area contributed by atoms with E-state index in [-0.39, 0.29) is 18.7 Å². The van der Waals surface area contributed by atoms with Crippen molar-refractivity contribution in [3.63, 3.8) is 0 Å². The van der Waals surface area contributed by atoms with E-state index in [2.05, 4.69) is 20.6 Å². The van der Waals surface area contributed by atoms with Crippen LogP contribution in [0.3, 0.4) is 0 Å². The van der Waals surface area contributed by atoms with E-state index in [1.807, 2.05) is 27.7 Å². The molecule has 0 saturated carbocycles. The maximum atomic E-state index is 12.9. The quantitative estimate of drug-likeness (QED) is 0.272. The highest BCUT2D eigenvalue weighted by molar-refractivity contribution is 5.90. The minimum Gasteiger partial charge on any atom is -0.439 e. The Bertz CT molecular complexity index is 1140. The third-order valence-corrected chi connectivity index (χ3v) is 5.15. The number of benzene rings is 1. The number of aliphatic hydroxyl groups is 1. The summed E-state index contributed by atoms with van der Waals surface area (Å²) in [5.74, 6) is -1.08. The van der Waals surface area contributed by atoms with Gasteiger partial charge in [0.05, 0.1) is 17.7 Å². The molecule has 190 valence electrons. The van der Waals surface area contributed by atoms with Gasteiger partial charge in [-0.15, -0.1) is 0 Å². The normalized spacial score (nSPS) is 12.9. The van der Waals surface area contributed by atoms with Crippen LogP contribution in [0.2, 0.25) is 0 Å². The van der Waals surface area contributed by atoms with Gasteiger partial charge in [-0.1, -0.05) is 12.1 Å². The molecule has 0 saturated heterocycles. The highest BCUT2D eigenvalue weighted by atomic mass is 16.6. The largest absolute Gasteiger partial charge is 0.439 e. The molecule has 0 aliphatic carbocycles. The number of aromatic nitrogens is 2. The molecule has 1 aromatic carbocycles. The second-order valence-electron chi connectivity index (χ2n) is 8.81. The van der Waals surface area contributed by atoms with E-state index >= 15 is 0 Å². The van der Waals surface area contributed by atoms with Gasteiger partial charge in [0.25, 0.3) is 0 Å². The Hall–Kier alpha value is -3.66. The Morgan fingerprint density at radius 3 is 1.61 bits per heavy atom. The predicted octanol–water partition coefficient (Wildman–Crippen LogP) is 3.68. The molecule has 0 bridgehead atoms. The minimum atomic E-state index is -0.886. The molecule has 2 heterocycles. The number of nitrogens with one attached hydrogen (secondary N) is 2. The molecular weight excluding hydrogens is 460 g/mol. The summed E-state index contributed by atoms with van der Waals surface area (Å²) >= 11 is 0. The van der Waals surface area contributed by atoms with Crippen LogP contribution in [-0.2, 0) is 16.1 Å². The van der Waals surface area contributed by atoms with Crippen LogP contribution in [-0.4, -0.2) is 39.1 Å². The molecule has 3 N–H and O–H groups in total. The van der Waals surface area contributed by atoms with Gasteiger partial charge in [-0.05, 0) is 63.6 Å². The van der Waals surface area contributed by atoms with Crippen molar-refractivity contribution >= 4 is 11.9 Å². The van der Waals surface area contributed by atoms with Crippen LogP contribution in [0, 0.1) is 0 Å². The number of rotatable bonds is 11. The van der Waals surface area contributed by atoms with Crippen molar-refractivity contribution in [1.82, 2.24) is 20.6 Å². The molecule has 36 heavy (non-hydrogen) atoms. The molecule has 3 rings (SSSR count). The third-order valence-electron chi connectivity index (χ3n) is 5.15. The van der Waals surface area contributed by atoms with Crippen LogP contribution in [0.15, 0.2) is 67.3 Å². The molecule has 9 nitrogen and oxygen atoms in total. The number of ether oxygens (including phenoxy) is 2. The van der Waals surface area contributed by atoms with Gasteiger partial charge in [0.1, 0.15) is 0 Å². The summed E-state index contributed by atoms with van der Waals surface area (Å²) in [4.78, 5) is 33.7. The smallest absolute Gasteiger partial charge is 0.340 e. The summed E-state index contributed by atoms with van der Waals surface area (Å²) in [5, 5.41) is 16.3. The van der Waals surface area contributed by atoms with E-state index in [1.165, 1.54) is 24.8 Å². The molecule has 9 heteroatoms. The first-order valence-corrected chi connectivity index (χ1v) is 11.8. The van der Waals surface area contributed by atoms with E-state index in [0.717, 1.165) is 0 Å². The summed E-state index contributed by atoms with van der Waals surface area (Å²) in [7, 11) is 0. The zero-order chi connectivity index (χ0) is 26.1. The van der Waals surface area contributed by atoms with Gasteiger partial charge in [-0.2, -0.15) is 0 Å². The van der Waals surface area contributed by atoms with Crippen molar-refractivity contribution in [2.45, 2.75) is 58.8 Å². The average molecular weight is 493 g/mol. The fraction of sp³-hybridized carbons (Fsp3) is 0.333. The lowest BCUT2D eigenvalue weighted by atomic mass is 10.00. The maximum Gasteiger partial charge on any atom is 0.340 e. The van der Waals surface area contributed by atoms with E-state index < -0.39 is 24.4 Å². The lowest BCUT2D eigenvalue weighted by Gasteiger charge is -2.29. The standard InChI is InChI=1S/C27H32N4O5/c1-17(2)30-24(35-26(33)20-7-11-28-12-8-20)22-6-5-19(16-32)15-23(22)25(31-18(3)4)36-27(34)21-9-13-29-14-10-21/h5-15,17-18,24-25,30-32H,16H2,1-4H3. The van der Waals surface area contributed by atoms with Gasteiger partial charge in [0.2, 0.25) is 0 Å². The van der Waals surface area contributed by atoms with E-state index in [9.17, 15) is 14.7 Å². The Balaban J connectivity index is 2.03. The summed E-state index contributed by atoms with van der Waals surface area (Å²) in [6.45, 7) is 7.51. The van der Waals surface area contributed by atoms with Crippen LogP contribution in [0.25, 0.3) is 0 Å². The van der Waals surface area contributed by atoms with Crippen molar-refractivity contribution in [1.29, 1.82) is 0 Å². The van der Waals surface area contributed by atoms with Crippen LogP contribution in [0.1, 0.15) is 77.6 Å². The summed E-state index contributed by atoms with van der Waals surface area (Å²) < 4.78 is 11.8. The fourth-order valence-electron chi connectivity index (χ4n) is 3.49. The molecule has 0 aliphatic rings. The second-order valence-corrected chi connectivity index (χ2v) is 8.81. The molecule has 0 spiro atoms. The zero-order valence-electron chi connectivity index (χ0n) is 20.8. The number of esters is 2. The van der Waals surface area contributed by atoms with Crippen LogP contribution in [0.4, 0.5) is 0 Å².